The third-order valence-electron chi connectivity index (χ3n) is 5.09. The Bertz CT molecular complexity index is 1210. The standard InChI is InChI=1S/C23H28ClN3O3S2/c1-16-14-17(2)22-20(15-16)25-23(31-22)27(12-5-11-26(3)4)21(28)10-13-32(29,30)19-8-6-18(24)7-9-19/h6-9,14-15H,5,10-13H2,1-4H3. The van der Waals surface area contributed by atoms with Gasteiger partial charge in [0.1, 0.15) is 0 Å². The van der Waals surface area contributed by atoms with Crippen molar-refractivity contribution in [2.75, 3.05) is 37.8 Å². The van der Waals surface area contributed by atoms with Gasteiger partial charge in [0.25, 0.3) is 0 Å². The van der Waals surface area contributed by atoms with E-state index in [1.54, 1.807) is 4.90 Å². The summed E-state index contributed by atoms with van der Waals surface area (Å²) in [5.74, 6) is -0.504. The number of fused-ring (bicyclic) bond motifs is 1. The first-order valence-electron chi connectivity index (χ1n) is 10.4. The van der Waals surface area contributed by atoms with Gasteiger partial charge in [0.05, 0.1) is 20.9 Å². The third kappa shape index (κ3) is 6.07. The molecule has 172 valence electrons. The van der Waals surface area contributed by atoms with Gasteiger partial charge in [-0.05, 0) is 82.4 Å². The highest BCUT2D eigenvalue weighted by Gasteiger charge is 2.23. The molecule has 0 N–H and O–H groups in total. The Morgan fingerprint density at radius 2 is 1.78 bits per heavy atom. The van der Waals surface area contributed by atoms with Crippen LogP contribution in [0.4, 0.5) is 5.13 Å². The number of carbonyl (C=O) groups excluding carboxylic acids is 1. The molecule has 0 saturated carbocycles. The van der Waals surface area contributed by atoms with Crippen LogP contribution < -0.4 is 4.90 Å². The van der Waals surface area contributed by atoms with E-state index in [0.717, 1.165) is 34.3 Å². The summed E-state index contributed by atoms with van der Waals surface area (Å²) < 4.78 is 26.4. The summed E-state index contributed by atoms with van der Waals surface area (Å²) in [6, 6.07) is 10.1. The number of thiazole rings is 1. The smallest absolute Gasteiger partial charge is 0.229 e. The Morgan fingerprint density at radius 3 is 2.44 bits per heavy atom. The number of amides is 1. The van der Waals surface area contributed by atoms with Crippen molar-refractivity contribution in [1.82, 2.24) is 9.88 Å². The molecular formula is C23H28ClN3O3S2. The van der Waals surface area contributed by atoms with Crippen LogP contribution in [0.25, 0.3) is 10.2 Å². The predicted molar refractivity (Wildman–Crippen MR) is 133 cm³/mol. The minimum atomic E-state index is -3.59. The molecule has 6 nitrogen and oxygen atoms in total. The lowest BCUT2D eigenvalue weighted by Gasteiger charge is -2.21. The summed E-state index contributed by atoms with van der Waals surface area (Å²) in [5.41, 5.74) is 3.10. The molecule has 0 fully saturated rings. The van der Waals surface area contributed by atoms with Crippen molar-refractivity contribution in [2.45, 2.75) is 31.6 Å². The number of halogens is 1. The molecule has 2 aromatic carbocycles. The van der Waals surface area contributed by atoms with Crippen molar-refractivity contribution < 1.29 is 13.2 Å². The predicted octanol–water partition coefficient (Wildman–Crippen LogP) is 4.72. The number of sulfone groups is 1. The minimum Gasteiger partial charge on any atom is -0.309 e. The summed E-state index contributed by atoms with van der Waals surface area (Å²) in [5, 5.41) is 1.08. The van der Waals surface area contributed by atoms with Gasteiger partial charge in [0, 0.05) is 18.0 Å². The maximum Gasteiger partial charge on any atom is 0.229 e. The number of rotatable bonds is 9. The van der Waals surface area contributed by atoms with Crippen molar-refractivity contribution in [3.05, 3.63) is 52.5 Å². The second kappa shape index (κ2) is 10.3. The van der Waals surface area contributed by atoms with Gasteiger partial charge in [-0.2, -0.15) is 0 Å². The van der Waals surface area contributed by atoms with Crippen LogP contribution in [-0.4, -0.2) is 57.1 Å². The van der Waals surface area contributed by atoms with Crippen LogP contribution in [-0.2, 0) is 14.6 Å². The van der Waals surface area contributed by atoms with Crippen molar-refractivity contribution >= 4 is 54.0 Å². The molecule has 0 unspecified atom stereocenters. The van der Waals surface area contributed by atoms with Crippen LogP contribution in [0.15, 0.2) is 41.3 Å². The fourth-order valence-electron chi connectivity index (χ4n) is 3.47. The highest BCUT2D eigenvalue weighted by Crippen LogP contribution is 2.32. The maximum atomic E-state index is 13.2. The first kappa shape index (κ1) is 24.6. The van der Waals surface area contributed by atoms with Crippen molar-refractivity contribution in [1.29, 1.82) is 0 Å². The molecule has 3 aromatic rings. The zero-order valence-electron chi connectivity index (χ0n) is 18.8. The zero-order valence-corrected chi connectivity index (χ0v) is 21.1. The van der Waals surface area contributed by atoms with Crippen molar-refractivity contribution in [3.8, 4) is 0 Å². The molecule has 32 heavy (non-hydrogen) atoms. The lowest BCUT2D eigenvalue weighted by molar-refractivity contribution is -0.118. The highest BCUT2D eigenvalue weighted by atomic mass is 35.5. The van der Waals surface area contributed by atoms with E-state index in [4.69, 9.17) is 16.6 Å². The number of hydrogen-bond donors (Lipinski definition) is 0. The van der Waals surface area contributed by atoms with Crippen LogP contribution in [0.1, 0.15) is 24.0 Å². The molecule has 3 rings (SSSR count). The van der Waals surface area contributed by atoms with E-state index in [-0.39, 0.29) is 23.0 Å². The van der Waals surface area contributed by atoms with Crippen molar-refractivity contribution in [3.63, 3.8) is 0 Å². The van der Waals surface area contributed by atoms with Gasteiger partial charge in [-0.15, -0.1) is 0 Å². The Morgan fingerprint density at radius 1 is 1.09 bits per heavy atom. The van der Waals surface area contributed by atoms with Crippen molar-refractivity contribution in [2.24, 2.45) is 0 Å². The van der Waals surface area contributed by atoms with Gasteiger partial charge in [-0.3, -0.25) is 9.69 Å². The molecular weight excluding hydrogens is 466 g/mol. The van der Waals surface area contributed by atoms with Gasteiger partial charge in [-0.25, -0.2) is 13.4 Å². The third-order valence-corrected chi connectivity index (χ3v) is 8.30. The molecule has 0 spiro atoms. The Balaban J connectivity index is 1.82. The fourth-order valence-corrected chi connectivity index (χ4v) is 5.88. The largest absolute Gasteiger partial charge is 0.309 e. The van der Waals surface area contributed by atoms with Crippen LogP contribution in [0.3, 0.4) is 0 Å². The molecule has 0 radical (unpaired) electrons. The second-order valence-corrected chi connectivity index (χ2v) is 11.7. The number of aryl methyl sites for hydroxylation is 2. The molecule has 0 atom stereocenters. The molecule has 1 heterocycles. The first-order valence-corrected chi connectivity index (χ1v) is 13.2. The summed E-state index contributed by atoms with van der Waals surface area (Å²) in [4.78, 5) is 21.7. The number of hydrogen-bond acceptors (Lipinski definition) is 6. The molecule has 0 bridgehead atoms. The SMILES string of the molecule is Cc1cc(C)c2sc(N(CCCN(C)C)C(=O)CCS(=O)(=O)c3ccc(Cl)cc3)nc2c1. The molecule has 0 aliphatic heterocycles. The van der Waals surface area contributed by atoms with Gasteiger partial charge in [0.2, 0.25) is 5.91 Å². The summed E-state index contributed by atoms with van der Waals surface area (Å²) >= 11 is 7.33. The summed E-state index contributed by atoms with van der Waals surface area (Å²) in [6.07, 6.45) is 0.650. The van der Waals surface area contributed by atoms with E-state index in [1.165, 1.54) is 35.6 Å². The van der Waals surface area contributed by atoms with Gasteiger partial charge in [0.15, 0.2) is 15.0 Å². The van der Waals surface area contributed by atoms with Crippen LogP contribution in [0.2, 0.25) is 5.02 Å². The molecule has 0 aliphatic rings. The number of benzene rings is 2. The molecule has 1 aromatic heterocycles. The van der Waals surface area contributed by atoms with Gasteiger partial charge < -0.3 is 4.90 Å². The van der Waals surface area contributed by atoms with Crippen LogP contribution in [0, 0.1) is 13.8 Å². The van der Waals surface area contributed by atoms with E-state index in [0.29, 0.717) is 16.7 Å². The molecule has 1 amide bonds. The maximum absolute atomic E-state index is 13.2. The minimum absolute atomic E-state index is 0.110. The molecule has 0 saturated heterocycles. The Labute approximate surface area is 198 Å². The second-order valence-electron chi connectivity index (χ2n) is 8.15. The van der Waals surface area contributed by atoms with Gasteiger partial charge in [-0.1, -0.05) is 29.0 Å². The lowest BCUT2D eigenvalue weighted by Crippen LogP contribution is -2.34. The Hall–Kier alpha value is -2.00. The topological polar surface area (TPSA) is 70.6 Å². The quantitative estimate of drug-likeness (QED) is 0.431. The molecule has 9 heteroatoms. The average Bonchev–Trinajstić information content (AvgIpc) is 3.13. The number of nitrogens with zero attached hydrogens (tertiary/aromatic N) is 3. The number of aromatic nitrogens is 1. The Kier molecular flexibility index (Phi) is 7.92. The van der Waals surface area contributed by atoms with E-state index in [2.05, 4.69) is 11.0 Å². The summed E-state index contributed by atoms with van der Waals surface area (Å²) in [7, 11) is 0.372. The number of anilines is 1. The zero-order chi connectivity index (χ0) is 23.5. The normalized spacial score (nSPS) is 11.9. The first-order chi connectivity index (χ1) is 15.1. The monoisotopic (exact) mass is 493 g/mol. The fraction of sp³-hybridized carbons (Fsp3) is 0.391. The van der Waals surface area contributed by atoms with E-state index in [1.807, 2.05) is 34.0 Å². The van der Waals surface area contributed by atoms with Gasteiger partial charge >= 0.3 is 0 Å². The van der Waals surface area contributed by atoms with E-state index in [9.17, 15) is 13.2 Å². The van der Waals surface area contributed by atoms with E-state index >= 15 is 0 Å². The lowest BCUT2D eigenvalue weighted by atomic mass is 10.1. The number of carbonyl (C=O) groups is 1. The van der Waals surface area contributed by atoms with Crippen LogP contribution in [0.5, 0.6) is 0 Å². The van der Waals surface area contributed by atoms with E-state index < -0.39 is 9.84 Å². The summed E-state index contributed by atoms with van der Waals surface area (Å²) in [6.45, 7) is 5.35. The highest BCUT2D eigenvalue weighted by molar-refractivity contribution is 7.91. The average molecular weight is 494 g/mol. The van der Waals surface area contributed by atoms with Crippen LogP contribution >= 0.6 is 22.9 Å². The molecule has 0 aliphatic carbocycles.